The minimum absolute atomic E-state index is 0.231. The molecule has 2 aliphatic rings. The van der Waals surface area contributed by atoms with Crippen LogP contribution in [0.5, 0.6) is 0 Å². The van der Waals surface area contributed by atoms with E-state index in [9.17, 15) is 9.90 Å². The summed E-state index contributed by atoms with van der Waals surface area (Å²) in [5.41, 5.74) is 1.52. The lowest BCUT2D eigenvalue weighted by Crippen LogP contribution is -2.46. The van der Waals surface area contributed by atoms with Crippen molar-refractivity contribution in [3.05, 3.63) is 24.3 Å². The van der Waals surface area contributed by atoms with Crippen molar-refractivity contribution in [2.45, 2.75) is 44.6 Å². The van der Waals surface area contributed by atoms with Crippen LogP contribution in [0.1, 0.15) is 39.0 Å². The number of carbonyl (C=O) groups excluding carboxylic acids is 1. The molecule has 2 aliphatic heterocycles. The zero-order valence-electron chi connectivity index (χ0n) is 12.7. The molecule has 0 spiro atoms. The Balaban J connectivity index is 1.73. The third kappa shape index (κ3) is 3.21. The van der Waals surface area contributed by atoms with E-state index in [0.717, 1.165) is 50.1 Å². The largest absolute Gasteiger partial charge is 0.388 e. The number of β-amino-alcohol motifs (C(OH)–C–C–N with tert-alkyl or cyclic N) is 1. The molecule has 4 heteroatoms. The average molecular weight is 288 g/mol. The van der Waals surface area contributed by atoms with Gasteiger partial charge in [0.15, 0.2) is 0 Å². The Morgan fingerprint density at radius 3 is 2.43 bits per heavy atom. The number of benzene rings is 1. The fraction of sp³-hybridized carbons (Fsp3) is 0.588. The summed E-state index contributed by atoms with van der Waals surface area (Å²) in [5, 5.41) is 10.2. The monoisotopic (exact) mass is 288 g/mol. The first kappa shape index (κ1) is 14.4. The standard InChI is InChI=1S/C17H24N2O2/c1-17(21)10-4-11-18(13-17)14-6-8-15(9-7-14)19-12-3-2-5-16(19)20/h6-9,21H,2-5,10-13H2,1H3. The molecule has 114 valence electrons. The average Bonchev–Trinajstić information content (AvgIpc) is 2.47. The van der Waals surface area contributed by atoms with E-state index in [0.29, 0.717) is 13.0 Å². The highest BCUT2D eigenvalue weighted by Crippen LogP contribution is 2.28. The van der Waals surface area contributed by atoms with Gasteiger partial charge in [0.05, 0.1) is 5.60 Å². The first-order chi connectivity index (χ1) is 10.1. The molecule has 1 aromatic carbocycles. The van der Waals surface area contributed by atoms with Crippen LogP contribution in [0.2, 0.25) is 0 Å². The third-order valence-corrected chi connectivity index (χ3v) is 4.52. The molecule has 0 saturated carbocycles. The molecule has 3 rings (SSSR count). The van der Waals surface area contributed by atoms with Gasteiger partial charge in [-0.25, -0.2) is 0 Å². The first-order valence-electron chi connectivity index (χ1n) is 7.93. The van der Waals surface area contributed by atoms with Crippen LogP contribution in [0, 0.1) is 0 Å². The Bertz CT molecular complexity index is 510. The molecular weight excluding hydrogens is 264 g/mol. The molecule has 1 unspecified atom stereocenters. The Hall–Kier alpha value is -1.55. The van der Waals surface area contributed by atoms with Gasteiger partial charge < -0.3 is 14.9 Å². The lowest BCUT2D eigenvalue weighted by molar-refractivity contribution is -0.119. The van der Waals surface area contributed by atoms with Crippen LogP contribution in [-0.4, -0.2) is 36.2 Å². The molecule has 2 saturated heterocycles. The summed E-state index contributed by atoms with van der Waals surface area (Å²) in [6.45, 7) is 4.39. The Labute approximate surface area is 126 Å². The smallest absolute Gasteiger partial charge is 0.226 e. The number of anilines is 2. The summed E-state index contributed by atoms with van der Waals surface area (Å²) < 4.78 is 0. The third-order valence-electron chi connectivity index (χ3n) is 4.52. The van der Waals surface area contributed by atoms with Crippen molar-refractivity contribution in [1.82, 2.24) is 0 Å². The number of aliphatic hydroxyl groups is 1. The second-order valence-corrected chi connectivity index (χ2v) is 6.54. The van der Waals surface area contributed by atoms with E-state index < -0.39 is 5.60 Å². The molecule has 2 heterocycles. The summed E-state index contributed by atoms with van der Waals surface area (Å²) in [7, 11) is 0. The molecule has 1 N–H and O–H groups in total. The van der Waals surface area contributed by atoms with E-state index in [1.807, 2.05) is 24.0 Å². The van der Waals surface area contributed by atoms with Crippen molar-refractivity contribution < 1.29 is 9.90 Å². The van der Waals surface area contributed by atoms with Crippen molar-refractivity contribution in [2.75, 3.05) is 29.4 Å². The molecule has 1 atom stereocenters. The first-order valence-corrected chi connectivity index (χ1v) is 7.93. The molecule has 1 amide bonds. The van der Waals surface area contributed by atoms with Crippen LogP contribution in [0.4, 0.5) is 11.4 Å². The highest BCUT2D eigenvalue weighted by atomic mass is 16.3. The topological polar surface area (TPSA) is 43.8 Å². The molecule has 0 radical (unpaired) electrons. The maximum Gasteiger partial charge on any atom is 0.226 e. The predicted molar refractivity (Wildman–Crippen MR) is 84.7 cm³/mol. The molecule has 0 aliphatic carbocycles. The van der Waals surface area contributed by atoms with Crippen LogP contribution in [-0.2, 0) is 4.79 Å². The van der Waals surface area contributed by atoms with Crippen molar-refractivity contribution >= 4 is 17.3 Å². The van der Waals surface area contributed by atoms with E-state index in [-0.39, 0.29) is 5.91 Å². The number of piperidine rings is 2. The van der Waals surface area contributed by atoms with Crippen LogP contribution in [0.15, 0.2) is 24.3 Å². The normalized spacial score (nSPS) is 27.0. The lowest BCUT2D eigenvalue weighted by atomic mass is 9.95. The second-order valence-electron chi connectivity index (χ2n) is 6.54. The van der Waals surface area contributed by atoms with Crippen molar-refractivity contribution in [1.29, 1.82) is 0 Å². The number of nitrogens with zero attached hydrogens (tertiary/aromatic N) is 2. The molecule has 21 heavy (non-hydrogen) atoms. The van der Waals surface area contributed by atoms with Gasteiger partial charge >= 0.3 is 0 Å². The Morgan fingerprint density at radius 2 is 1.76 bits per heavy atom. The van der Waals surface area contributed by atoms with E-state index in [1.165, 1.54) is 0 Å². The van der Waals surface area contributed by atoms with Gasteiger partial charge in [0.2, 0.25) is 5.91 Å². The van der Waals surface area contributed by atoms with Gasteiger partial charge in [-0.3, -0.25) is 4.79 Å². The summed E-state index contributed by atoms with van der Waals surface area (Å²) in [6, 6.07) is 8.20. The van der Waals surface area contributed by atoms with E-state index >= 15 is 0 Å². The molecular formula is C17H24N2O2. The molecule has 4 nitrogen and oxygen atoms in total. The van der Waals surface area contributed by atoms with Gasteiger partial charge in [0.25, 0.3) is 0 Å². The second kappa shape index (κ2) is 5.68. The van der Waals surface area contributed by atoms with Gasteiger partial charge in [-0.15, -0.1) is 0 Å². The van der Waals surface area contributed by atoms with Crippen molar-refractivity contribution in [2.24, 2.45) is 0 Å². The van der Waals surface area contributed by atoms with E-state index in [4.69, 9.17) is 0 Å². The van der Waals surface area contributed by atoms with Crippen molar-refractivity contribution in [3.63, 3.8) is 0 Å². The molecule has 2 fully saturated rings. The molecule has 1 aromatic rings. The number of carbonyl (C=O) groups is 1. The van der Waals surface area contributed by atoms with Gasteiger partial charge in [-0.05, 0) is 56.9 Å². The van der Waals surface area contributed by atoms with Gasteiger partial charge in [-0.2, -0.15) is 0 Å². The summed E-state index contributed by atoms with van der Waals surface area (Å²) >= 11 is 0. The fourth-order valence-corrected chi connectivity index (χ4v) is 3.36. The maximum atomic E-state index is 11.9. The van der Waals surface area contributed by atoms with Crippen LogP contribution in [0.25, 0.3) is 0 Å². The highest BCUT2D eigenvalue weighted by Gasteiger charge is 2.28. The maximum absolute atomic E-state index is 11.9. The van der Waals surface area contributed by atoms with E-state index in [1.54, 1.807) is 0 Å². The van der Waals surface area contributed by atoms with Crippen LogP contribution >= 0.6 is 0 Å². The Kier molecular flexibility index (Phi) is 3.89. The van der Waals surface area contributed by atoms with Gasteiger partial charge in [-0.1, -0.05) is 0 Å². The number of hydrogen-bond acceptors (Lipinski definition) is 3. The minimum atomic E-state index is -0.597. The van der Waals surface area contributed by atoms with Gasteiger partial charge in [0.1, 0.15) is 0 Å². The molecule has 0 bridgehead atoms. The fourth-order valence-electron chi connectivity index (χ4n) is 3.36. The summed E-state index contributed by atoms with van der Waals surface area (Å²) in [6.07, 6.45) is 4.64. The summed E-state index contributed by atoms with van der Waals surface area (Å²) in [5.74, 6) is 0.231. The highest BCUT2D eigenvalue weighted by molar-refractivity contribution is 5.94. The zero-order valence-corrected chi connectivity index (χ0v) is 12.7. The summed E-state index contributed by atoms with van der Waals surface area (Å²) in [4.78, 5) is 16.1. The predicted octanol–water partition coefficient (Wildman–Crippen LogP) is 2.55. The Morgan fingerprint density at radius 1 is 1.05 bits per heavy atom. The van der Waals surface area contributed by atoms with E-state index in [2.05, 4.69) is 17.0 Å². The van der Waals surface area contributed by atoms with Gasteiger partial charge in [0, 0.05) is 37.4 Å². The number of rotatable bonds is 2. The van der Waals surface area contributed by atoms with Crippen LogP contribution in [0.3, 0.4) is 0 Å². The lowest BCUT2D eigenvalue weighted by Gasteiger charge is -2.38. The molecule has 0 aromatic heterocycles. The van der Waals surface area contributed by atoms with Crippen molar-refractivity contribution in [3.8, 4) is 0 Å². The minimum Gasteiger partial charge on any atom is -0.388 e. The quantitative estimate of drug-likeness (QED) is 0.909. The van der Waals surface area contributed by atoms with Crippen LogP contribution < -0.4 is 9.80 Å². The SMILES string of the molecule is CC1(O)CCCN(c2ccc(N3CCCCC3=O)cc2)C1. The number of hydrogen-bond donors (Lipinski definition) is 1. The zero-order chi connectivity index (χ0) is 14.9. The number of amides is 1.